The third-order valence-electron chi connectivity index (χ3n) is 1.87. The van der Waals surface area contributed by atoms with Crippen LogP contribution in [0.25, 0.3) is 5.57 Å². The molecule has 0 aromatic carbocycles. The van der Waals surface area contributed by atoms with Crippen molar-refractivity contribution in [2.45, 2.75) is 12.8 Å². The number of rotatable bonds is 4. The van der Waals surface area contributed by atoms with Gasteiger partial charge >= 0.3 is 0 Å². The van der Waals surface area contributed by atoms with Crippen molar-refractivity contribution in [2.24, 2.45) is 0 Å². The second-order valence-corrected chi connectivity index (χ2v) is 3.32. The van der Waals surface area contributed by atoms with Crippen molar-refractivity contribution < 1.29 is 5.11 Å². The highest BCUT2D eigenvalue weighted by Gasteiger charge is 2.08. The highest BCUT2D eigenvalue weighted by Crippen LogP contribution is 2.17. The number of nitriles is 1. The molecule has 0 aliphatic heterocycles. The zero-order chi connectivity index (χ0) is 11.1. The molecule has 0 saturated carbocycles. The van der Waals surface area contributed by atoms with Crippen molar-refractivity contribution in [2.75, 3.05) is 5.88 Å². The molecule has 0 spiro atoms. The molecule has 78 valence electrons. The van der Waals surface area contributed by atoms with E-state index in [1.165, 1.54) is 0 Å². The Hall–Kier alpha value is -1.53. The second-order valence-electron chi connectivity index (χ2n) is 2.94. The average Bonchev–Trinajstić information content (AvgIpc) is 2.29. The Labute approximate surface area is 93.6 Å². The number of hydrogen-bond donors (Lipinski definition) is 1. The summed E-state index contributed by atoms with van der Waals surface area (Å²) in [5.74, 6) is 0.516. The summed E-state index contributed by atoms with van der Waals surface area (Å²) in [5, 5.41) is 18.6. The molecule has 0 radical (unpaired) electrons. The summed E-state index contributed by atoms with van der Waals surface area (Å²) in [7, 11) is 0. The molecule has 15 heavy (non-hydrogen) atoms. The highest BCUT2D eigenvalue weighted by molar-refractivity contribution is 6.17. The molecular formula is C11H11ClN2O. The molecule has 0 aliphatic carbocycles. The van der Waals surface area contributed by atoms with Crippen LogP contribution in [-0.4, -0.2) is 16.0 Å². The van der Waals surface area contributed by atoms with Crippen molar-refractivity contribution in [1.29, 1.82) is 5.26 Å². The fourth-order valence-electron chi connectivity index (χ4n) is 1.14. The SMILES string of the molecule is N#CC(=C(O)CCCCl)c1ccccn1. The van der Waals surface area contributed by atoms with Crippen molar-refractivity contribution in [3.63, 3.8) is 0 Å². The van der Waals surface area contributed by atoms with E-state index < -0.39 is 0 Å². The minimum atomic E-state index is 0.0526. The molecule has 0 atom stereocenters. The summed E-state index contributed by atoms with van der Waals surface area (Å²) in [5.41, 5.74) is 0.716. The van der Waals surface area contributed by atoms with Crippen molar-refractivity contribution in [3.05, 3.63) is 35.8 Å². The highest BCUT2D eigenvalue weighted by atomic mass is 35.5. The molecule has 1 aromatic rings. The van der Waals surface area contributed by atoms with E-state index in [4.69, 9.17) is 16.9 Å². The van der Waals surface area contributed by atoms with Crippen LogP contribution in [0.1, 0.15) is 18.5 Å². The van der Waals surface area contributed by atoms with Gasteiger partial charge in [-0.2, -0.15) is 5.26 Å². The van der Waals surface area contributed by atoms with E-state index in [0.717, 1.165) is 0 Å². The van der Waals surface area contributed by atoms with Gasteiger partial charge in [0.05, 0.1) is 5.69 Å². The van der Waals surface area contributed by atoms with E-state index in [-0.39, 0.29) is 11.3 Å². The van der Waals surface area contributed by atoms with Gasteiger partial charge in [0.2, 0.25) is 0 Å². The van der Waals surface area contributed by atoms with E-state index in [9.17, 15) is 5.11 Å². The van der Waals surface area contributed by atoms with Crippen LogP contribution in [0.15, 0.2) is 30.2 Å². The smallest absolute Gasteiger partial charge is 0.115 e. The van der Waals surface area contributed by atoms with E-state index in [1.807, 2.05) is 6.07 Å². The van der Waals surface area contributed by atoms with Crippen LogP contribution in [0, 0.1) is 11.3 Å². The minimum absolute atomic E-state index is 0.0526. The van der Waals surface area contributed by atoms with E-state index in [1.54, 1.807) is 24.4 Å². The zero-order valence-electron chi connectivity index (χ0n) is 8.15. The molecule has 3 nitrogen and oxygen atoms in total. The van der Waals surface area contributed by atoms with Crippen molar-refractivity contribution >= 4 is 17.2 Å². The third-order valence-corrected chi connectivity index (χ3v) is 2.14. The Morgan fingerprint density at radius 1 is 1.53 bits per heavy atom. The molecule has 1 N–H and O–H groups in total. The van der Waals surface area contributed by atoms with Crippen molar-refractivity contribution in [1.82, 2.24) is 4.98 Å². The normalized spacial score (nSPS) is 11.7. The lowest BCUT2D eigenvalue weighted by atomic mass is 10.1. The number of allylic oxidation sites excluding steroid dienone is 2. The number of nitrogens with zero attached hydrogens (tertiary/aromatic N) is 2. The molecule has 0 bridgehead atoms. The van der Waals surface area contributed by atoms with Gasteiger partial charge < -0.3 is 5.11 Å². The van der Waals surface area contributed by atoms with Gasteiger partial charge in [0.15, 0.2) is 0 Å². The Balaban J connectivity index is 2.94. The van der Waals surface area contributed by atoms with Gasteiger partial charge in [-0.1, -0.05) is 6.07 Å². The molecule has 0 fully saturated rings. The Morgan fingerprint density at radius 3 is 2.87 bits per heavy atom. The quantitative estimate of drug-likeness (QED) is 0.484. The van der Waals surface area contributed by atoms with Gasteiger partial charge in [-0.25, -0.2) is 0 Å². The topological polar surface area (TPSA) is 56.9 Å². The van der Waals surface area contributed by atoms with Crippen LogP contribution in [0.3, 0.4) is 0 Å². The number of aliphatic hydroxyl groups is 1. The predicted molar refractivity (Wildman–Crippen MR) is 59.4 cm³/mol. The molecule has 1 aromatic heterocycles. The molecule has 4 heteroatoms. The lowest BCUT2D eigenvalue weighted by Crippen LogP contribution is -1.93. The van der Waals surface area contributed by atoms with Crippen molar-refractivity contribution in [3.8, 4) is 6.07 Å². The largest absolute Gasteiger partial charge is 0.511 e. The predicted octanol–water partition coefficient (Wildman–Crippen LogP) is 2.89. The van der Waals surface area contributed by atoms with Crippen LogP contribution >= 0.6 is 11.6 Å². The Kier molecular flexibility index (Phi) is 4.65. The minimum Gasteiger partial charge on any atom is -0.511 e. The summed E-state index contributed by atoms with van der Waals surface area (Å²) >= 11 is 5.51. The Morgan fingerprint density at radius 2 is 2.33 bits per heavy atom. The molecule has 1 rings (SSSR count). The van der Waals surface area contributed by atoms with Crippen LogP contribution < -0.4 is 0 Å². The fourth-order valence-corrected chi connectivity index (χ4v) is 1.27. The summed E-state index contributed by atoms with van der Waals surface area (Å²) < 4.78 is 0. The molecule has 0 unspecified atom stereocenters. The Bertz CT molecular complexity index is 381. The van der Waals surface area contributed by atoms with Crippen LogP contribution in [0.5, 0.6) is 0 Å². The lowest BCUT2D eigenvalue weighted by Gasteiger charge is -2.02. The number of halogens is 1. The zero-order valence-corrected chi connectivity index (χ0v) is 8.91. The summed E-state index contributed by atoms with van der Waals surface area (Å²) in [4.78, 5) is 4.01. The maximum atomic E-state index is 9.65. The molecule has 0 saturated heterocycles. The average molecular weight is 223 g/mol. The second kappa shape index (κ2) is 6.05. The first-order valence-electron chi connectivity index (χ1n) is 4.59. The third kappa shape index (κ3) is 3.26. The molecule has 0 aliphatic rings. The number of alkyl halides is 1. The van der Waals surface area contributed by atoms with Gasteiger partial charge in [0.25, 0.3) is 0 Å². The monoisotopic (exact) mass is 222 g/mol. The summed E-state index contributed by atoms with van der Waals surface area (Å²) in [6, 6.07) is 7.17. The maximum absolute atomic E-state index is 9.65. The van der Waals surface area contributed by atoms with Crippen LogP contribution in [-0.2, 0) is 0 Å². The number of hydrogen-bond acceptors (Lipinski definition) is 3. The summed E-state index contributed by atoms with van der Waals surface area (Å²) in [6.07, 6.45) is 2.63. The maximum Gasteiger partial charge on any atom is 0.115 e. The van der Waals surface area contributed by atoms with Crippen LogP contribution in [0.2, 0.25) is 0 Å². The van der Waals surface area contributed by atoms with Gasteiger partial charge in [-0.15, -0.1) is 11.6 Å². The van der Waals surface area contributed by atoms with E-state index in [2.05, 4.69) is 4.98 Å². The standard InChI is InChI=1S/C11H11ClN2O/c12-6-3-5-11(15)9(8-13)10-4-1-2-7-14-10/h1-2,4,7,15H,3,5-6H2. The lowest BCUT2D eigenvalue weighted by molar-refractivity contribution is 0.390. The van der Waals surface area contributed by atoms with E-state index in [0.29, 0.717) is 24.4 Å². The van der Waals surface area contributed by atoms with Crippen LogP contribution in [0.4, 0.5) is 0 Å². The molecule has 1 heterocycles. The first-order chi connectivity index (χ1) is 7.29. The molecular weight excluding hydrogens is 212 g/mol. The molecule has 0 amide bonds. The summed E-state index contributed by atoms with van der Waals surface area (Å²) in [6.45, 7) is 0. The van der Waals surface area contributed by atoms with Gasteiger partial charge in [0, 0.05) is 18.5 Å². The van der Waals surface area contributed by atoms with Gasteiger partial charge in [-0.3, -0.25) is 4.98 Å². The van der Waals surface area contributed by atoms with Gasteiger partial charge in [0.1, 0.15) is 17.4 Å². The number of pyridine rings is 1. The van der Waals surface area contributed by atoms with Gasteiger partial charge in [-0.05, 0) is 18.6 Å². The van der Waals surface area contributed by atoms with E-state index >= 15 is 0 Å². The number of aliphatic hydroxyl groups excluding tert-OH is 1. The number of aromatic nitrogens is 1. The first-order valence-corrected chi connectivity index (χ1v) is 5.12. The fraction of sp³-hybridized carbons (Fsp3) is 0.273. The first kappa shape index (κ1) is 11.5.